The van der Waals surface area contributed by atoms with Gasteiger partial charge in [0.15, 0.2) is 0 Å². The number of nitrogens with one attached hydrogen (secondary N) is 2. The number of fused-ring (bicyclic) bond motifs is 1. The number of amides is 3. The summed E-state index contributed by atoms with van der Waals surface area (Å²) in [7, 11) is 0. The molecule has 2 heterocycles. The van der Waals surface area contributed by atoms with Crippen molar-refractivity contribution < 1.29 is 14.3 Å². The van der Waals surface area contributed by atoms with E-state index in [2.05, 4.69) is 38.6 Å². The van der Waals surface area contributed by atoms with E-state index >= 15 is 0 Å². The molecule has 0 bridgehead atoms. The maximum atomic E-state index is 12.5. The second-order valence-corrected chi connectivity index (χ2v) is 8.83. The standard InChI is InChI=1S/C23H34N4O3/c1-17(22(28)25-23(29)24-20-5-3-2-4-6-20)27-12-10-26(11-13-27)16-18-7-8-21-19(15-18)9-14-30-21/h7-8,15,17,20H,2-6,9-14,16H2,1H3,(H2,24,25,28,29)/t17-/m1/s1. The van der Waals surface area contributed by atoms with E-state index in [1.165, 1.54) is 17.5 Å². The Hall–Kier alpha value is -2.12. The molecular weight excluding hydrogens is 380 g/mol. The zero-order chi connectivity index (χ0) is 20.9. The lowest BCUT2D eigenvalue weighted by Gasteiger charge is -2.37. The van der Waals surface area contributed by atoms with Crippen LogP contribution in [0.3, 0.4) is 0 Å². The summed E-state index contributed by atoms with van der Waals surface area (Å²) in [4.78, 5) is 29.3. The van der Waals surface area contributed by atoms with E-state index in [1.54, 1.807) is 0 Å². The van der Waals surface area contributed by atoms with Crippen LogP contribution in [0.5, 0.6) is 5.75 Å². The van der Waals surface area contributed by atoms with Crippen molar-refractivity contribution in [2.24, 2.45) is 0 Å². The number of carbonyl (C=O) groups is 2. The van der Waals surface area contributed by atoms with Crippen LogP contribution in [0.15, 0.2) is 18.2 Å². The van der Waals surface area contributed by atoms with Gasteiger partial charge in [0.1, 0.15) is 5.75 Å². The molecule has 2 aliphatic heterocycles. The van der Waals surface area contributed by atoms with Crippen LogP contribution in [0.25, 0.3) is 0 Å². The number of piperazine rings is 1. The molecule has 1 saturated carbocycles. The highest BCUT2D eigenvalue weighted by molar-refractivity contribution is 5.96. The summed E-state index contributed by atoms with van der Waals surface area (Å²) in [6.07, 6.45) is 6.56. The number of rotatable bonds is 5. The van der Waals surface area contributed by atoms with E-state index in [0.29, 0.717) is 0 Å². The fourth-order valence-electron chi connectivity index (χ4n) is 4.76. The van der Waals surface area contributed by atoms with Crippen molar-refractivity contribution >= 4 is 11.9 Å². The quantitative estimate of drug-likeness (QED) is 0.773. The van der Waals surface area contributed by atoms with Gasteiger partial charge >= 0.3 is 6.03 Å². The molecule has 0 aromatic heterocycles. The molecule has 1 aliphatic carbocycles. The molecule has 164 valence electrons. The Labute approximate surface area is 179 Å². The van der Waals surface area contributed by atoms with Gasteiger partial charge in [0.2, 0.25) is 5.91 Å². The molecule has 3 aliphatic rings. The van der Waals surface area contributed by atoms with E-state index in [-0.39, 0.29) is 24.0 Å². The summed E-state index contributed by atoms with van der Waals surface area (Å²) in [5.41, 5.74) is 2.63. The van der Waals surface area contributed by atoms with Gasteiger partial charge in [0.05, 0.1) is 12.6 Å². The van der Waals surface area contributed by atoms with Gasteiger partial charge < -0.3 is 10.1 Å². The van der Waals surface area contributed by atoms with Crippen LogP contribution in [0, 0.1) is 0 Å². The molecule has 30 heavy (non-hydrogen) atoms. The molecule has 1 saturated heterocycles. The maximum Gasteiger partial charge on any atom is 0.321 e. The third-order valence-corrected chi connectivity index (χ3v) is 6.67. The second kappa shape index (κ2) is 9.79. The largest absolute Gasteiger partial charge is 0.493 e. The molecule has 2 fully saturated rings. The van der Waals surface area contributed by atoms with Gasteiger partial charge in [0.25, 0.3) is 0 Å². The summed E-state index contributed by atoms with van der Waals surface area (Å²) in [6, 6.07) is 6.04. The van der Waals surface area contributed by atoms with Crippen LogP contribution < -0.4 is 15.4 Å². The van der Waals surface area contributed by atoms with Crippen LogP contribution in [0.1, 0.15) is 50.2 Å². The van der Waals surface area contributed by atoms with Gasteiger partial charge in [-0.3, -0.25) is 19.9 Å². The van der Waals surface area contributed by atoms with E-state index in [1.807, 2.05) is 6.92 Å². The fourth-order valence-corrected chi connectivity index (χ4v) is 4.76. The average Bonchev–Trinajstić information content (AvgIpc) is 3.22. The number of ether oxygens (including phenoxy) is 1. The van der Waals surface area contributed by atoms with E-state index < -0.39 is 0 Å². The highest BCUT2D eigenvalue weighted by Gasteiger charge is 2.27. The Morgan fingerprint density at radius 2 is 1.90 bits per heavy atom. The van der Waals surface area contributed by atoms with Crippen LogP contribution >= 0.6 is 0 Å². The molecule has 1 aromatic carbocycles. The number of carbonyl (C=O) groups excluding carboxylic acids is 2. The van der Waals surface area contributed by atoms with Crippen LogP contribution in [0.2, 0.25) is 0 Å². The van der Waals surface area contributed by atoms with Crippen molar-refractivity contribution in [1.29, 1.82) is 0 Å². The highest BCUT2D eigenvalue weighted by atomic mass is 16.5. The monoisotopic (exact) mass is 414 g/mol. The summed E-state index contributed by atoms with van der Waals surface area (Å²) in [5.74, 6) is 0.811. The molecular formula is C23H34N4O3. The molecule has 7 nitrogen and oxygen atoms in total. The maximum absolute atomic E-state index is 12.5. The number of hydrogen-bond acceptors (Lipinski definition) is 5. The average molecular weight is 415 g/mol. The zero-order valence-electron chi connectivity index (χ0n) is 18.0. The Balaban J connectivity index is 1.20. The summed E-state index contributed by atoms with van der Waals surface area (Å²) in [5, 5.41) is 5.50. The van der Waals surface area contributed by atoms with Gasteiger partial charge in [-0.15, -0.1) is 0 Å². The van der Waals surface area contributed by atoms with Crippen molar-refractivity contribution in [3.8, 4) is 5.75 Å². The molecule has 3 amide bonds. The topological polar surface area (TPSA) is 73.9 Å². The smallest absolute Gasteiger partial charge is 0.321 e. The fraction of sp³-hybridized carbons (Fsp3) is 0.652. The molecule has 1 aromatic rings. The van der Waals surface area contributed by atoms with Gasteiger partial charge in [0, 0.05) is 45.2 Å². The molecule has 4 rings (SSSR count). The van der Waals surface area contributed by atoms with Gasteiger partial charge in [-0.1, -0.05) is 31.4 Å². The van der Waals surface area contributed by atoms with E-state index in [4.69, 9.17) is 4.74 Å². The first kappa shape index (κ1) is 21.1. The molecule has 0 radical (unpaired) electrons. The Bertz CT molecular complexity index is 755. The van der Waals surface area contributed by atoms with Crippen LogP contribution in [-0.2, 0) is 17.8 Å². The van der Waals surface area contributed by atoms with Gasteiger partial charge in [-0.25, -0.2) is 4.79 Å². The minimum Gasteiger partial charge on any atom is -0.493 e. The summed E-state index contributed by atoms with van der Waals surface area (Å²) in [6.45, 7) is 7.08. The third-order valence-electron chi connectivity index (χ3n) is 6.67. The molecule has 7 heteroatoms. The lowest BCUT2D eigenvalue weighted by Crippen LogP contribution is -2.55. The number of benzene rings is 1. The summed E-state index contributed by atoms with van der Waals surface area (Å²) >= 11 is 0. The third kappa shape index (κ3) is 5.32. The van der Waals surface area contributed by atoms with Crippen molar-refractivity contribution in [3.05, 3.63) is 29.3 Å². The summed E-state index contributed by atoms with van der Waals surface area (Å²) < 4.78 is 5.59. The molecule has 2 N–H and O–H groups in total. The number of nitrogens with zero attached hydrogens (tertiary/aromatic N) is 2. The minimum atomic E-state index is -0.349. The second-order valence-electron chi connectivity index (χ2n) is 8.83. The van der Waals surface area contributed by atoms with Crippen molar-refractivity contribution in [2.75, 3.05) is 32.8 Å². The first-order chi connectivity index (χ1) is 14.6. The van der Waals surface area contributed by atoms with Crippen molar-refractivity contribution in [3.63, 3.8) is 0 Å². The lowest BCUT2D eigenvalue weighted by atomic mass is 9.96. The molecule has 1 atom stereocenters. The number of imide groups is 1. The van der Waals surface area contributed by atoms with Crippen molar-refractivity contribution in [1.82, 2.24) is 20.4 Å². The number of urea groups is 1. The lowest BCUT2D eigenvalue weighted by molar-refractivity contribution is -0.125. The molecule has 0 spiro atoms. The Morgan fingerprint density at radius 1 is 1.13 bits per heavy atom. The normalized spacial score (nSPS) is 21.5. The highest BCUT2D eigenvalue weighted by Crippen LogP contribution is 2.26. The van der Waals surface area contributed by atoms with E-state index in [9.17, 15) is 9.59 Å². The van der Waals surface area contributed by atoms with E-state index in [0.717, 1.165) is 77.2 Å². The minimum absolute atomic E-state index is 0.205. The predicted molar refractivity (Wildman–Crippen MR) is 116 cm³/mol. The van der Waals surface area contributed by atoms with Crippen LogP contribution in [-0.4, -0.2) is 66.6 Å². The SMILES string of the molecule is C[C@H](C(=O)NC(=O)NC1CCCCC1)N1CCN(Cc2ccc3c(c2)CCO3)CC1. The van der Waals surface area contributed by atoms with Gasteiger partial charge in [-0.05, 0) is 37.0 Å². The Morgan fingerprint density at radius 3 is 2.67 bits per heavy atom. The first-order valence-corrected chi connectivity index (χ1v) is 11.4. The Kier molecular flexibility index (Phi) is 6.89. The number of hydrogen-bond donors (Lipinski definition) is 2. The van der Waals surface area contributed by atoms with Gasteiger partial charge in [-0.2, -0.15) is 0 Å². The van der Waals surface area contributed by atoms with Crippen molar-refractivity contribution in [2.45, 2.75) is 64.1 Å². The first-order valence-electron chi connectivity index (χ1n) is 11.4. The predicted octanol–water partition coefficient (Wildman–Crippen LogP) is 2.29. The molecule has 0 unspecified atom stereocenters. The van der Waals surface area contributed by atoms with Crippen LogP contribution in [0.4, 0.5) is 4.79 Å². The zero-order valence-corrected chi connectivity index (χ0v) is 18.0.